The number of hydrogen-bond acceptors (Lipinski definition) is 5. The minimum Gasteiger partial charge on any atom is -0.497 e. The van der Waals surface area contributed by atoms with Crippen LogP contribution in [-0.2, 0) is 32.6 Å². The standard InChI is InChI=1S/C32H37Cl2N3O5S/c1-42-27-15-9-12-24(18-27)21-36(31(38)22-37(43(2,40)41)29-20-25(33)16-17-28(29)34)30(19-23-10-5-3-6-11-23)32(39)35-26-13-7-4-8-14-26/h3,5-6,9-12,15-18,20,26,30H,4,7-8,13-14,19,21-22H2,1-2H3,(H,35,39)/t30-/m1/s1. The fourth-order valence-corrected chi connectivity index (χ4v) is 6.63. The molecule has 1 fully saturated rings. The molecule has 43 heavy (non-hydrogen) atoms. The van der Waals surface area contributed by atoms with E-state index in [1.54, 1.807) is 25.3 Å². The van der Waals surface area contributed by atoms with Crippen LogP contribution in [0.15, 0.2) is 72.8 Å². The molecular weight excluding hydrogens is 609 g/mol. The van der Waals surface area contributed by atoms with Gasteiger partial charge in [-0.25, -0.2) is 8.42 Å². The molecule has 0 heterocycles. The number of sulfonamides is 1. The number of amides is 2. The van der Waals surface area contributed by atoms with Gasteiger partial charge in [0.05, 0.1) is 24.1 Å². The fraction of sp³-hybridized carbons (Fsp3) is 0.375. The lowest BCUT2D eigenvalue weighted by Crippen LogP contribution is -2.55. The van der Waals surface area contributed by atoms with Gasteiger partial charge in [-0.1, -0.05) is 84.9 Å². The van der Waals surface area contributed by atoms with Crippen LogP contribution in [-0.4, -0.2) is 57.1 Å². The van der Waals surface area contributed by atoms with Gasteiger partial charge in [0.2, 0.25) is 21.8 Å². The highest BCUT2D eigenvalue weighted by atomic mass is 35.5. The van der Waals surface area contributed by atoms with E-state index in [9.17, 15) is 18.0 Å². The summed E-state index contributed by atoms with van der Waals surface area (Å²) in [5, 5.41) is 3.58. The van der Waals surface area contributed by atoms with Crippen LogP contribution in [0.2, 0.25) is 10.0 Å². The first-order chi connectivity index (χ1) is 20.5. The van der Waals surface area contributed by atoms with Gasteiger partial charge in [0.1, 0.15) is 18.3 Å². The Hall–Kier alpha value is -3.27. The van der Waals surface area contributed by atoms with Crippen LogP contribution in [0.25, 0.3) is 0 Å². The highest BCUT2D eigenvalue weighted by Gasteiger charge is 2.34. The predicted octanol–water partition coefficient (Wildman–Crippen LogP) is 5.86. The molecule has 4 rings (SSSR count). The monoisotopic (exact) mass is 645 g/mol. The van der Waals surface area contributed by atoms with E-state index in [4.69, 9.17) is 27.9 Å². The normalized spacial score (nSPS) is 14.5. The first kappa shape index (κ1) is 32.6. The molecule has 0 aromatic heterocycles. The van der Waals surface area contributed by atoms with Crippen LogP contribution in [0.5, 0.6) is 5.75 Å². The summed E-state index contributed by atoms with van der Waals surface area (Å²) < 4.78 is 32.3. The van der Waals surface area contributed by atoms with E-state index < -0.39 is 28.5 Å². The Morgan fingerprint density at radius 2 is 1.65 bits per heavy atom. The van der Waals surface area contributed by atoms with Gasteiger partial charge in [-0.15, -0.1) is 0 Å². The van der Waals surface area contributed by atoms with Crippen molar-refractivity contribution in [3.05, 3.63) is 94.0 Å². The maximum atomic E-state index is 14.3. The number of hydrogen-bond donors (Lipinski definition) is 1. The van der Waals surface area contributed by atoms with Crippen LogP contribution < -0.4 is 14.4 Å². The Morgan fingerprint density at radius 3 is 2.33 bits per heavy atom. The summed E-state index contributed by atoms with van der Waals surface area (Å²) in [6.07, 6.45) is 6.20. The first-order valence-corrected chi connectivity index (χ1v) is 16.8. The summed E-state index contributed by atoms with van der Waals surface area (Å²) in [6.45, 7) is -0.530. The number of carbonyl (C=O) groups is 2. The fourth-order valence-electron chi connectivity index (χ4n) is 5.34. The number of methoxy groups -OCH3 is 1. The highest BCUT2D eigenvalue weighted by Crippen LogP contribution is 2.31. The van der Waals surface area contributed by atoms with Crippen LogP contribution in [0.1, 0.15) is 43.2 Å². The van der Waals surface area contributed by atoms with Crippen molar-refractivity contribution >= 4 is 50.7 Å². The van der Waals surface area contributed by atoms with E-state index in [2.05, 4.69) is 5.32 Å². The molecule has 2 amide bonds. The summed E-state index contributed by atoms with van der Waals surface area (Å²) >= 11 is 12.6. The van der Waals surface area contributed by atoms with Crippen molar-refractivity contribution in [3.63, 3.8) is 0 Å². The molecule has 230 valence electrons. The molecule has 11 heteroatoms. The lowest BCUT2D eigenvalue weighted by atomic mass is 9.94. The Kier molecular flexibility index (Phi) is 11.3. The van der Waals surface area contributed by atoms with Crippen molar-refractivity contribution in [1.29, 1.82) is 0 Å². The van der Waals surface area contributed by atoms with Crippen molar-refractivity contribution in [2.45, 2.75) is 57.2 Å². The molecule has 1 N–H and O–H groups in total. The quantitative estimate of drug-likeness (QED) is 0.266. The molecule has 0 saturated heterocycles. The Morgan fingerprint density at radius 1 is 0.953 bits per heavy atom. The van der Waals surface area contributed by atoms with E-state index in [-0.39, 0.29) is 40.6 Å². The van der Waals surface area contributed by atoms with Gasteiger partial charge in [0.15, 0.2) is 0 Å². The zero-order valence-electron chi connectivity index (χ0n) is 24.3. The highest BCUT2D eigenvalue weighted by molar-refractivity contribution is 7.92. The van der Waals surface area contributed by atoms with Crippen molar-refractivity contribution < 1.29 is 22.7 Å². The second-order valence-electron chi connectivity index (χ2n) is 10.8. The lowest BCUT2D eigenvalue weighted by molar-refractivity contribution is -0.140. The number of ether oxygens (including phenoxy) is 1. The molecule has 1 atom stereocenters. The summed E-state index contributed by atoms with van der Waals surface area (Å²) in [6, 6.07) is 20.2. The Bertz CT molecular complexity index is 1510. The number of rotatable bonds is 12. The number of anilines is 1. The summed E-state index contributed by atoms with van der Waals surface area (Å²) in [4.78, 5) is 29.8. The molecule has 1 aliphatic carbocycles. The largest absolute Gasteiger partial charge is 0.497 e. The van der Waals surface area contributed by atoms with E-state index in [0.717, 1.165) is 53.8 Å². The summed E-state index contributed by atoms with van der Waals surface area (Å²) in [5.74, 6) is -0.248. The average Bonchev–Trinajstić information content (AvgIpc) is 2.99. The number of benzene rings is 3. The molecule has 3 aromatic rings. The molecule has 0 unspecified atom stereocenters. The summed E-state index contributed by atoms with van der Waals surface area (Å²) in [5.41, 5.74) is 1.67. The molecule has 1 saturated carbocycles. The molecule has 0 aliphatic heterocycles. The Balaban J connectivity index is 1.75. The van der Waals surface area contributed by atoms with Gasteiger partial charge in [-0.3, -0.25) is 13.9 Å². The third-order valence-corrected chi connectivity index (χ3v) is 9.25. The third kappa shape index (κ3) is 9.11. The van der Waals surface area contributed by atoms with Gasteiger partial charge in [-0.05, 0) is 54.3 Å². The zero-order valence-corrected chi connectivity index (χ0v) is 26.7. The minimum absolute atomic E-state index is 0.0195. The van der Waals surface area contributed by atoms with Gasteiger partial charge in [-0.2, -0.15) is 0 Å². The number of halogens is 2. The molecular formula is C32H37Cl2N3O5S. The maximum absolute atomic E-state index is 14.3. The van der Waals surface area contributed by atoms with Crippen LogP contribution in [0.3, 0.4) is 0 Å². The zero-order chi connectivity index (χ0) is 31.0. The van der Waals surface area contributed by atoms with E-state index in [1.165, 1.54) is 23.1 Å². The molecule has 0 radical (unpaired) electrons. The number of nitrogens with one attached hydrogen (secondary N) is 1. The van der Waals surface area contributed by atoms with Crippen LogP contribution in [0.4, 0.5) is 5.69 Å². The molecule has 0 bridgehead atoms. The van der Waals surface area contributed by atoms with Gasteiger partial charge >= 0.3 is 0 Å². The maximum Gasteiger partial charge on any atom is 0.244 e. The second-order valence-corrected chi connectivity index (χ2v) is 13.5. The predicted molar refractivity (Wildman–Crippen MR) is 171 cm³/mol. The van der Waals surface area contributed by atoms with Crippen LogP contribution >= 0.6 is 23.2 Å². The van der Waals surface area contributed by atoms with Gasteiger partial charge in [0.25, 0.3) is 0 Å². The SMILES string of the molecule is COc1cccc(CN(C(=O)CN(c2cc(Cl)ccc2Cl)S(C)(=O)=O)[C@H](Cc2ccccc2)C(=O)NC2CCCCC2)c1. The molecule has 1 aliphatic rings. The van der Waals surface area contributed by atoms with Crippen molar-refractivity contribution in [3.8, 4) is 5.75 Å². The van der Waals surface area contributed by atoms with Crippen molar-refractivity contribution in [1.82, 2.24) is 10.2 Å². The van der Waals surface area contributed by atoms with Crippen LogP contribution in [0, 0.1) is 0 Å². The topological polar surface area (TPSA) is 96.0 Å². The minimum atomic E-state index is -3.97. The molecule has 0 spiro atoms. The first-order valence-electron chi connectivity index (χ1n) is 14.2. The lowest BCUT2D eigenvalue weighted by Gasteiger charge is -2.35. The smallest absolute Gasteiger partial charge is 0.244 e. The van der Waals surface area contributed by atoms with E-state index in [1.807, 2.05) is 36.4 Å². The molecule has 3 aromatic carbocycles. The van der Waals surface area contributed by atoms with E-state index >= 15 is 0 Å². The average molecular weight is 647 g/mol. The second kappa shape index (κ2) is 14.9. The van der Waals surface area contributed by atoms with Gasteiger partial charge < -0.3 is 15.0 Å². The van der Waals surface area contributed by atoms with Crippen molar-refractivity contribution in [2.75, 3.05) is 24.2 Å². The number of carbonyl (C=O) groups excluding carboxylic acids is 2. The van der Waals surface area contributed by atoms with Gasteiger partial charge in [0, 0.05) is 24.0 Å². The molecule has 8 nitrogen and oxygen atoms in total. The van der Waals surface area contributed by atoms with Crippen molar-refractivity contribution in [2.24, 2.45) is 0 Å². The van der Waals surface area contributed by atoms with E-state index in [0.29, 0.717) is 5.75 Å². The summed E-state index contributed by atoms with van der Waals surface area (Å²) in [7, 11) is -2.42. The Labute approximate surface area is 264 Å². The third-order valence-electron chi connectivity index (χ3n) is 7.57. The number of nitrogens with zero attached hydrogens (tertiary/aromatic N) is 2.